The molecule has 0 bridgehead atoms. The minimum Gasteiger partial charge on any atom is -0.505 e. The monoisotopic (exact) mass is 371 g/mol. The molecule has 0 spiro atoms. The van der Waals surface area contributed by atoms with E-state index in [1.54, 1.807) is 6.07 Å². The van der Waals surface area contributed by atoms with Gasteiger partial charge in [0.25, 0.3) is 0 Å². The average Bonchev–Trinajstić information content (AvgIpc) is 2.80. The molecule has 1 aromatic heterocycles. The Labute approximate surface area is 156 Å². The van der Waals surface area contributed by atoms with E-state index in [1.165, 1.54) is 17.7 Å². The Morgan fingerprint density at radius 3 is 2.65 bits per heavy atom. The third-order valence-electron chi connectivity index (χ3n) is 4.69. The molecule has 1 aliphatic heterocycles. The molecule has 3 aromatic rings. The van der Waals surface area contributed by atoms with Crippen LogP contribution in [0.4, 0.5) is 4.39 Å². The molecule has 0 saturated heterocycles. The van der Waals surface area contributed by atoms with E-state index in [4.69, 9.17) is 16.7 Å². The van der Waals surface area contributed by atoms with Crippen LogP contribution in [0.15, 0.2) is 42.5 Å². The maximum absolute atomic E-state index is 13.7. The number of rotatable bonds is 3. The fourth-order valence-corrected chi connectivity index (χ4v) is 3.55. The second-order valence-corrected chi connectivity index (χ2v) is 6.91. The Balaban J connectivity index is 1.80. The Morgan fingerprint density at radius 2 is 1.88 bits per heavy atom. The maximum Gasteiger partial charge on any atom is 0.165 e. The summed E-state index contributed by atoms with van der Waals surface area (Å²) in [5.41, 5.74) is 5.17. The maximum atomic E-state index is 13.7. The normalized spacial score (nSPS) is 14.1. The van der Waals surface area contributed by atoms with Crippen LogP contribution in [-0.2, 0) is 19.4 Å². The summed E-state index contributed by atoms with van der Waals surface area (Å²) in [5.74, 6) is -0.956. The van der Waals surface area contributed by atoms with E-state index < -0.39 is 5.82 Å². The van der Waals surface area contributed by atoms with Gasteiger partial charge in [-0.1, -0.05) is 29.8 Å². The molecule has 0 aliphatic carbocycles. The SMILES string of the molecule is Oc1ccc(Cn2nc3c(c2-c2ccc(Cl)cc2)CCNCC3)cc1F. The number of phenols is 1. The second kappa shape index (κ2) is 7.09. The largest absolute Gasteiger partial charge is 0.505 e. The summed E-state index contributed by atoms with van der Waals surface area (Å²) in [6.45, 7) is 2.25. The molecular formula is C20H19ClFN3O. The molecule has 0 unspecified atom stereocenters. The Bertz CT molecular complexity index is 937. The van der Waals surface area contributed by atoms with Crippen LogP contribution in [0.5, 0.6) is 5.75 Å². The van der Waals surface area contributed by atoms with Crippen LogP contribution in [0.25, 0.3) is 11.3 Å². The smallest absolute Gasteiger partial charge is 0.165 e. The Hall–Kier alpha value is -2.37. The highest BCUT2D eigenvalue weighted by Crippen LogP contribution is 2.30. The lowest BCUT2D eigenvalue weighted by Gasteiger charge is -2.11. The van der Waals surface area contributed by atoms with E-state index in [2.05, 4.69) is 5.32 Å². The molecule has 2 aromatic carbocycles. The summed E-state index contributed by atoms with van der Waals surface area (Å²) in [6.07, 6.45) is 1.77. The molecule has 4 rings (SSSR count). The summed E-state index contributed by atoms with van der Waals surface area (Å²) in [4.78, 5) is 0. The number of nitrogens with zero attached hydrogens (tertiary/aromatic N) is 2. The lowest BCUT2D eigenvalue weighted by atomic mass is 10.0. The number of halogens is 2. The van der Waals surface area contributed by atoms with Crippen molar-refractivity contribution in [2.45, 2.75) is 19.4 Å². The van der Waals surface area contributed by atoms with Gasteiger partial charge in [0.05, 0.1) is 17.9 Å². The number of fused-ring (bicyclic) bond motifs is 1. The van der Waals surface area contributed by atoms with Gasteiger partial charge >= 0.3 is 0 Å². The fraction of sp³-hybridized carbons (Fsp3) is 0.250. The predicted octanol–water partition coefficient (Wildman–Crippen LogP) is 3.78. The van der Waals surface area contributed by atoms with Crippen molar-refractivity contribution in [1.29, 1.82) is 0 Å². The first-order valence-corrected chi connectivity index (χ1v) is 9.02. The van der Waals surface area contributed by atoms with Crippen molar-refractivity contribution in [2.24, 2.45) is 0 Å². The lowest BCUT2D eigenvalue weighted by molar-refractivity contribution is 0.431. The van der Waals surface area contributed by atoms with Crippen molar-refractivity contribution in [3.05, 3.63) is 70.1 Å². The van der Waals surface area contributed by atoms with Crippen molar-refractivity contribution in [1.82, 2.24) is 15.1 Å². The van der Waals surface area contributed by atoms with E-state index in [9.17, 15) is 9.50 Å². The van der Waals surface area contributed by atoms with Crippen LogP contribution >= 0.6 is 11.6 Å². The van der Waals surface area contributed by atoms with Gasteiger partial charge in [0, 0.05) is 29.1 Å². The number of phenolic OH excluding ortho intramolecular Hbond substituents is 1. The van der Waals surface area contributed by atoms with Gasteiger partial charge in [-0.25, -0.2) is 4.39 Å². The number of hydrogen-bond donors (Lipinski definition) is 2. The van der Waals surface area contributed by atoms with Crippen LogP contribution in [-0.4, -0.2) is 28.0 Å². The van der Waals surface area contributed by atoms with Gasteiger partial charge in [0.2, 0.25) is 0 Å². The number of aromatic hydroxyl groups is 1. The molecule has 26 heavy (non-hydrogen) atoms. The highest BCUT2D eigenvalue weighted by Gasteiger charge is 2.21. The zero-order chi connectivity index (χ0) is 18.1. The minimum atomic E-state index is -0.617. The van der Waals surface area contributed by atoms with E-state index in [1.807, 2.05) is 28.9 Å². The van der Waals surface area contributed by atoms with Crippen LogP contribution in [0.1, 0.15) is 16.8 Å². The van der Waals surface area contributed by atoms with E-state index in [0.717, 1.165) is 48.4 Å². The second-order valence-electron chi connectivity index (χ2n) is 6.47. The molecule has 0 amide bonds. The summed E-state index contributed by atoms with van der Waals surface area (Å²) in [7, 11) is 0. The van der Waals surface area contributed by atoms with Crippen molar-refractivity contribution in [3.8, 4) is 17.0 Å². The van der Waals surface area contributed by atoms with Gasteiger partial charge in [0.1, 0.15) is 0 Å². The minimum absolute atomic E-state index is 0.339. The van der Waals surface area contributed by atoms with Crippen molar-refractivity contribution >= 4 is 11.6 Å². The van der Waals surface area contributed by atoms with Gasteiger partial charge in [-0.3, -0.25) is 4.68 Å². The first kappa shape index (κ1) is 17.1. The van der Waals surface area contributed by atoms with Crippen LogP contribution < -0.4 is 5.32 Å². The summed E-state index contributed by atoms with van der Waals surface area (Å²) in [6, 6.07) is 12.2. The first-order valence-electron chi connectivity index (χ1n) is 8.64. The zero-order valence-corrected chi connectivity index (χ0v) is 14.9. The molecule has 4 nitrogen and oxygen atoms in total. The quantitative estimate of drug-likeness (QED) is 0.736. The number of aromatic nitrogens is 2. The third-order valence-corrected chi connectivity index (χ3v) is 4.94. The number of hydrogen-bond acceptors (Lipinski definition) is 3. The van der Waals surface area contributed by atoms with E-state index in [-0.39, 0.29) is 5.75 Å². The van der Waals surface area contributed by atoms with E-state index >= 15 is 0 Å². The Morgan fingerprint density at radius 1 is 1.12 bits per heavy atom. The standard InChI is InChI=1S/C20H19ClFN3O/c21-15-4-2-14(3-5-15)20-16-7-9-23-10-8-18(16)24-25(20)12-13-1-6-19(26)17(22)11-13/h1-6,11,23,26H,7-10,12H2. The molecule has 0 fully saturated rings. The molecule has 6 heteroatoms. The van der Waals surface area contributed by atoms with Gasteiger partial charge in [-0.05, 0) is 42.8 Å². The van der Waals surface area contributed by atoms with Crippen LogP contribution in [0.3, 0.4) is 0 Å². The van der Waals surface area contributed by atoms with Crippen LogP contribution in [0, 0.1) is 5.82 Å². The van der Waals surface area contributed by atoms with E-state index in [0.29, 0.717) is 11.6 Å². The van der Waals surface area contributed by atoms with Crippen molar-refractivity contribution < 1.29 is 9.50 Å². The lowest BCUT2D eigenvalue weighted by Crippen LogP contribution is -2.17. The fourth-order valence-electron chi connectivity index (χ4n) is 3.42. The summed E-state index contributed by atoms with van der Waals surface area (Å²) in [5, 5.41) is 18.3. The molecule has 2 heterocycles. The number of nitrogens with one attached hydrogen (secondary N) is 1. The highest BCUT2D eigenvalue weighted by atomic mass is 35.5. The predicted molar refractivity (Wildman–Crippen MR) is 100 cm³/mol. The molecule has 134 valence electrons. The highest BCUT2D eigenvalue weighted by molar-refractivity contribution is 6.30. The van der Waals surface area contributed by atoms with Crippen molar-refractivity contribution in [3.63, 3.8) is 0 Å². The molecule has 0 radical (unpaired) electrons. The van der Waals surface area contributed by atoms with Gasteiger partial charge < -0.3 is 10.4 Å². The zero-order valence-electron chi connectivity index (χ0n) is 14.2. The van der Waals surface area contributed by atoms with Crippen LogP contribution in [0.2, 0.25) is 5.02 Å². The topological polar surface area (TPSA) is 50.1 Å². The number of benzene rings is 2. The average molecular weight is 372 g/mol. The molecular weight excluding hydrogens is 353 g/mol. The third kappa shape index (κ3) is 3.32. The Kier molecular flexibility index (Phi) is 4.66. The van der Waals surface area contributed by atoms with Gasteiger partial charge in [-0.2, -0.15) is 5.10 Å². The molecule has 2 N–H and O–H groups in total. The summed E-state index contributed by atoms with van der Waals surface area (Å²) >= 11 is 6.05. The molecule has 0 atom stereocenters. The molecule has 1 aliphatic rings. The molecule has 0 saturated carbocycles. The summed E-state index contributed by atoms with van der Waals surface area (Å²) < 4.78 is 15.7. The van der Waals surface area contributed by atoms with Gasteiger partial charge in [-0.15, -0.1) is 0 Å². The van der Waals surface area contributed by atoms with Crippen molar-refractivity contribution in [2.75, 3.05) is 13.1 Å². The van der Waals surface area contributed by atoms with Gasteiger partial charge in [0.15, 0.2) is 11.6 Å². The first-order chi connectivity index (χ1) is 12.6.